The van der Waals surface area contributed by atoms with Gasteiger partial charge in [0.15, 0.2) is 0 Å². The molecule has 0 bridgehead atoms. The number of nitrogens with zero attached hydrogens (tertiary/aromatic N) is 2. The molecule has 106 valence electrons. The number of benzene rings is 2. The number of nitro benzene ring substituents is 1. The zero-order valence-electron chi connectivity index (χ0n) is 11.8. The first kappa shape index (κ1) is 14.6. The lowest BCUT2D eigenvalue weighted by Crippen LogP contribution is -2.17. The van der Waals surface area contributed by atoms with E-state index in [9.17, 15) is 10.1 Å². The highest BCUT2D eigenvalue weighted by atomic mass is 16.6. The summed E-state index contributed by atoms with van der Waals surface area (Å²) in [6, 6.07) is 16.4. The second-order valence-corrected chi connectivity index (χ2v) is 4.61. The summed E-state index contributed by atoms with van der Waals surface area (Å²) in [4.78, 5) is 12.3. The fraction of sp³-hybridized carbons (Fsp3) is 0.176. The van der Waals surface area contributed by atoms with E-state index in [-0.39, 0.29) is 5.69 Å². The Labute approximate surface area is 124 Å². The van der Waals surface area contributed by atoms with Gasteiger partial charge >= 0.3 is 0 Å². The summed E-state index contributed by atoms with van der Waals surface area (Å²) in [5.41, 5.74) is 2.04. The second-order valence-electron chi connectivity index (χ2n) is 4.61. The molecule has 0 aliphatic heterocycles. The van der Waals surface area contributed by atoms with Crippen LogP contribution in [-0.2, 0) is 0 Å². The van der Waals surface area contributed by atoms with E-state index in [2.05, 4.69) is 28.9 Å². The van der Waals surface area contributed by atoms with Crippen LogP contribution in [0.4, 0.5) is 11.4 Å². The van der Waals surface area contributed by atoms with Gasteiger partial charge in [0, 0.05) is 43.4 Å². The molecule has 2 aromatic carbocycles. The maximum absolute atomic E-state index is 10.5. The Morgan fingerprint density at radius 1 is 1.10 bits per heavy atom. The number of para-hydroxylation sites is 1. The Morgan fingerprint density at radius 2 is 1.76 bits per heavy atom. The molecule has 0 radical (unpaired) electrons. The average Bonchev–Trinajstić information content (AvgIpc) is 2.52. The molecule has 0 saturated heterocycles. The molecule has 21 heavy (non-hydrogen) atoms. The molecule has 0 aromatic heterocycles. The summed E-state index contributed by atoms with van der Waals surface area (Å²) in [6.07, 6.45) is 0.738. The van der Waals surface area contributed by atoms with Crippen LogP contribution in [0.15, 0.2) is 54.6 Å². The van der Waals surface area contributed by atoms with Crippen molar-refractivity contribution in [1.29, 1.82) is 0 Å². The number of hydrogen-bond donors (Lipinski definition) is 0. The summed E-state index contributed by atoms with van der Waals surface area (Å²) in [5, 5.41) is 10.5. The van der Waals surface area contributed by atoms with Gasteiger partial charge in [-0.15, -0.1) is 0 Å². The van der Waals surface area contributed by atoms with Crippen molar-refractivity contribution in [2.45, 2.75) is 6.42 Å². The van der Waals surface area contributed by atoms with Crippen LogP contribution in [0.1, 0.15) is 12.0 Å². The highest BCUT2D eigenvalue weighted by molar-refractivity contribution is 5.45. The van der Waals surface area contributed by atoms with E-state index in [1.54, 1.807) is 12.1 Å². The molecule has 0 amide bonds. The van der Waals surface area contributed by atoms with Crippen molar-refractivity contribution in [3.8, 4) is 11.8 Å². The molecule has 0 atom stereocenters. The topological polar surface area (TPSA) is 46.4 Å². The number of non-ortho nitro benzene ring substituents is 1. The van der Waals surface area contributed by atoms with E-state index >= 15 is 0 Å². The van der Waals surface area contributed by atoms with Gasteiger partial charge in [-0.1, -0.05) is 30.0 Å². The second kappa shape index (κ2) is 7.11. The van der Waals surface area contributed by atoms with Crippen LogP contribution in [0.25, 0.3) is 0 Å². The molecular weight excluding hydrogens is 264 g/mol. The molecule has 2 aromatic rings. The third-order valence-electron chi connectivity index (χ3n) is 3.08. The molecule has 0 heterocycles. The zero-order valence-corrected chi connectivity index (χ0v) is 11.8. The summed E-state index contributed by atoms with van der Waals surface area (Å²) in [5.74, 6) is 6.11. The van der Waals surface area contributed by atoms with E-state index in [0.717, 1.165) is 24.2 Å². The molecule has 2 rings (SSSR count). The molecule has 0 fully saturated rings. The Morgan fingerprint density at radius 3 is 2.38 bits per heavy atom. The molecule has 4 heteroatoms. The SMILES string of the molecule is CN(CCC#Cc1ccc([N+](=O)[O-])cc1)c1ccccc1. The first-order chi connectivity index (χ1) is 10.2. The lowest BCUT2D eigenvalue weighted by molar-refractivity contribution is -0.384. The Bertz CT molecular complexity index is 655. The minimum atomic E-state index is -0.411. The highest BCUT2D eigenvalue weighted by Crippen LogP contribution is 2.12. The summed E-state index contributed by atoms with van der Waals surface area (Å²) < 4.78 is 0. The first-order valence-corrected chi connectivity index (χ1v) is 6.66. The molecule has 0 N–H and O–H groups in total. The van der Waals surface area contributed by atoms with Gasteiger partial charge in [-0.2, -0.15) is 0 Å². The van der Waals surface area contributed by atoms with E-state index in [1.165, 1.54) is 12.1 Å². The Balaban J connectivity index is 1.88. The summed E-state index contributed by atoms with van der Waals surface area (Å²) in [7, 11) is 2.03. The molecule has 0 saturated carbocycles. The number of anilines is 1. The Kier molecular flexibility index (Phi) is 4.94. The molecular formula is C17H16N2O2. The predicted molar refractivity (Wildman–Crippen MR) is 84.3 cm³/mol. The van der Waals surface area contributed by atoms with E-state index in [1.807, 2.05) is 25.2 Å². The smallest absolute Gasteiger partial charge is 0.269 e. The monoisotopic (exact) mass is 280 g/mol. The van der Waals surface area contributed by atoms with Gasteiger partial charge in [0.2, 0.25) is 0 Å². The lowest BCUT2D eigenvalue weighted by atomic mass is 10.2. The summed E-state index contributed by atoms with van der Waals surface area (Å²) >= 11 is 0. The number of rotatable bonds is 4. The van der Waals surface area contributed by atoms with Gasteiger partial charge < -0.3 is 4.90 Å². The van der Waals surface area contributed by atoms with E-state index < -0.39 is 4.92 Å². The molecule has 0 aliphatic rings. The first-order valence-electron chi connectivity index (χ1n) is 6.66. The van der Waals surface area contributed by atoms with Crippen LogP contribution in [0.2, 0.25) is 0 Å². The van der Waals surface area contributed by atoms with Crippen LogP contribution < -0.4 is 4.90 Å². The Hall–Kier alpha value is -2.80. The van der Waals surface area contributed by atoms with Crippen molar-refractivity contribution in [2.75, 3.05) is 18.5 Å². The predicted octanol–water partition coefficient (Wildman–Crippen LogP) is 3.47. The standard InChI is InChI=1S/C17H16N2O2/c1-18(16-8-3-2-4-9-16)14-6-5-7-15-10-12-17(13-11-15)19(20)21/h2-4,8-13H,6,14H2,1H3. The van der Waals surface area contributed by atoms with Crippen LogP contribution in [0, 0.1) is 22.0 Å². The maximum atomic E-state index is 10.5. The lowest BCUT2D eigenvalue weighted by Gasteiger charge is -2.17. The summed E-state index contributed by atoms with van der Waals surface area (Å²) in [6.45, 7) is 0.837. The maximum Gasteiger partial charge on any atom is 0.269 e. The number of nitro groups is 1. The molecule has 4 nitrogen and oxygen atoms in total. The quantitative estimate of drug-likeness (QED) is 0.489. The van der Waals surface area contributed by atoms with Gasteiger partial charge in [0.1, 0.15) is 0 Å². The van der Waals surface area contributed by atoms with Crippen LogP contribution in [0.3, 0.4) is 0 Å². The van der Waals surface area contributed by atoms with Crippen molar-refractivity contribution in [3.63, 3.8) is 0 Å². The van der Waals surface area contributed by atoms with Gasteiger partial charge in [-0.05, 0) is 24.3 Å². The van der Waals surface area contributed by atoms with Gasteiger partial charge in [-0.25, -0.2) is 0 Å². The van der Waals surface area contributed by atoms with Crippen molar-refractivity contribution < 1.29 is 4.92 Å². The largest absolute Gasteiger partial charge is 0.374 e. The van der Waals surface area contributed by atoms with E-state index in [4.69, 9.17) is 0 Å². The molecule has 0 aliphatic carbocycles. The zero-order chi connectivity index (χ0) is 15.1. The molecule has 0 unspecified atom stereocenters. The normalized spacial score (nSPS) is 9.57. The van der Waals surface area contributed by atoms with Gasteiger partial charge in [0.05, 0.1) is 4.92 Å². The van der Waals surface area contributed by atoms with Crippen molar-refractivity contribution in [1.82, 2.24) is 0 Å². The van der Waals surface area contributed by atoms with Crippen molar-refractivity contribution in [2.24, 2.45) is 0 Å². The average molecular weight is 280 g/mol. The van der Waals surface area contributed by atoms with Crippen LogP contribution in [-0.4, -0.2) is 18.5 Å². The highest BCUT2D eigenvalue weighted by Gasteiger charge is 2.02. The fourth-order valence-corrected chi connectivity index (χ4v) is 1.87. The van der Waals surface area contributed by atoms with Crippen molar-refractivity contribution >= 4 is 11.4 Å². The fourth-order valence-electron chi connectivity index (χ4n) is 1.87. The minimum absolute atomic E-state index is 0.0874. The molecule has 0 spiro atoms. The third-order valence-corrected chi connectivity index (χ3v) is 3.08. The van der Waals surface area contributed by atoms with Gasteiger partial charge in [-0.3, -0.25) is 10.1 Å². The number of hydrogen-bond acceptors (Lipinski definition) is 3. The van der Waals surface area contributed by atoms with Crippen LogP contribution >= 0.6 is 0 Å². The minimum Gasteiger partial charge on any atom is -0.374 e. The van der Waals surface area contributed by atoms with Crippen LogP contribution in [0.5, 0.6) is 0 Å². The van der Waals surface area contributed by atoms with E-state index in [0.29, 0.717) is 0 Å². The van der Waals surface area contributed by atoms with Crippen molar-refractivity contribution in [3.05, 3.63) is 70.3 Å². The third kappa shape index (κ3) is 4.36. The van der Waals surface area contributed by atoms with Gasteiger partial charge in [0.25, 0.3) is 5.69 Å².